The molecule has 1 aliphatic rings. The summed E-state index contributed by atoms with van der Waals surface area (Å²) >= 11 is 0. The minimum absolute atomic E-state index is 0.161. The van der Waals surface area contributed by atoms with Gasteiger partial charge in [-0.3, -0.25) is 19.9 Å². The summed E-state index contributed by atoms with van der Waals surface area (Å²) in [6, 6.07) is 1.44. The first-order valence-corrected chi connectivity index (χ1v) is 6.07. The lowest BCUT2D eigenvalue weighted by molar-refractivity contribution is -0.385. The Labute approximate surface area is 105 Å². The maximum atomic E-state index is 11.9. The van der Waals surface area contributed by atoms with Gasteiger partial charge in [0.15, 0.2) is 0 Å². The Balaban J connectivity index is 2.03. The lowest BCUT2D eigenvalue weighted by atomic mass is 9.95. The van der Waals surface area contributed by atoms with Crippen molar-refractivity contribution in [2.45, 2.75) is 38.1 Å². The first-order valence-electron chi connectivity index (χ1n) is 6.07. The number of carbonyl (C=O) groups excluding carboxylic acids is 1. The molecule has 0 aliphatic heterocycles. The predicted octanol–water partition coefficient (Wildman–Crippen LogP) is 2.05. The maximum absolute atomic E-state index is 11.9. The average Bonchev–Trinajstić information content (AvgIpc) is 2.40. The number of nitrogens with zero attached hydrogens (tertiary/aromatic N) is 2. The number of amides is 1. The summed E-state index contributed by atoms with van der Waals surface area (Å²) in [5, 5.41) is 13.5. The van der Waals surface area contributed by atoms with Gasteiger partial charge in [-0.1, -0.05) is 19.3 Å². The number of pyridine rings is 1. The molecule has 1 heterocycles. The van der Waals surface area contributed by atoms with Crippen LogP contribution >= 0.6 is 0 Å². The molecule has 1 saturated carbocycles. The quantitative estimate of drug-likeness (QED) is 0.656. The standard InChI is InChI=1S/C12H15N3O3/c16-12(14-10-4-2-1-3-5-10)9-6-11(15(17)18)8-13-7-9/h6-8,10H,1-5H2,(H,14,16). The molecular weight excluding hydrogens is 234 g/mol. The number of nitrogens with one attached hydrogen (secondary N) is 1. The van der Waals surface area contributed by atoms with Crippen molar-refractivity contribution < 1.29 is 9.72 Å². The first-order chi connectivity index (χ1) is 8.66. The fourth-order valence-electron chi connectivity index (χ4n) is 2.17. The predicted molar refractivity (Wildman–Crippen MR) is 65.2 cm³/mol. The van der Waals surface area contributed by atoms with Gasteiger partial charge in [0, 0.05) is 18.3 Å². The Bertz CT molecular complexity index is 456. The van der Waals surface area contributed by atoms with Gasteiger partial charge in [0.25, 0.3) is 11.6 Å². The smallest absolute Gasteiger partial charge is 0.288 e. The molecule has 0 bridgehead atoms. The zero-order valence-corrected chi connectivity index (χ0v) is 9.96. The van der Waals surface area contributed by atoms with E-state index < -0.39 is 4.92 Å². The second-order valence-corrected chi connectivity index (χ2v) is 4.50. The summed E-state index contributed by atoms with van der Waals surface area (Å²) in [4.78, 5) is 25.7. The number of aromatic nitrogens is 1. The number of carbonyl (C=O) groups is 1. The molecule has 96 valence electrons. The SMILES string of the molecule is O=C(NC1CCCCC1)c1cncc([N+](=O)[O-])c1. The van der Waals surface area contributed by atoms with Crippen LogP contribution in [-0.2, 0) is 0 Å². The minimum Gasteiger partial charge on any atom is -0.349 e. The Hall–Kier alpha value is -1.98. The molecule has 1 N–H and O–H groups in total. The Kier molecular flexibility index (Phi) is 3.86. The fraction of sp³-hybridized carbons (Fsp3) is 0.500. The molecule has 1 aromatic rings. The summed E-state index contributed by atoms with van der Waals surface area (Å²) < 4.78 is 0. The fourth-order valence-corrected chi connectivity index (χ4v) is 2.17. The van der Waals surface area contributed by atoms with Gasteiger partial charge in [-0.2, -0.15) is 0 Å². The van der Waals surface area contributed by atoms with Crippen molar-refractivity contribution >= 4 is 11.6 Å². The third-order valence-corrected chi connectivity index (χ3v) is 3.14. The molecular formula is C12H15N3O3. The lowest BCUT2D eigenvalue weighted by Crippen LogP contribution is -2.36. The van der Waals surface area contributed by atoms with E-state index >= 15 is 0 Å². The van der Waals surface area contributed by atoms with Gasteiger partial charge in [-0.25, -0.2) is 0 Å². The van der Waals surface area contributed by atoms with Crippen molar-refractivity contribution in [3.63, 3.8) is 0 Å². The first kappa shape index (κ1) is 12.5. The molecule has 2 rings (SSSR count). The van der Waals surface area contributed by atoms with E-state index in [9.17, 15) is 14.9 Å². The third kappa shape index (κ3) is 3.03. The molecule has 1 fully saturated rings. The topological polar surface area (TPSA) is 85.1 Å². The summed E-state index contributed by atoms with van der Waals surface area (Å²) in [7, 11) is 0. The molecule has 0 spiro atoms. The normalized spacial score (nSPS) is 16.2. The molecule has 18 heavy (non-hydrogen) atoms. The number of hydrogen-bond acceptors (Lipinski definition) is 4. The van der Waals surface area contributed by atoms with Crippen molar-refractivity contribution in [2.75, 3.05) is 0 Å². The summed E-state index contributed by atoms with van der Waals surface area (Å²) in [5.74, 6) is -0.280. The van der Waals surface area contributed by atoms with Gasteiger partial charge in [0.2, 0.25) is 0 Å². The van der Waals surface area contributed by atoms with Crippen LogP contribution in [0.15, 0.2) is 18.5 Å². The molecule has 1 aromatic heterocycles. The van der Waals surface area contributed by atoms with Gasteiger partial charge in [-0.15, -0.1) is 0 Å². The van der Waals surface area contributed by atoms with Crippen LogP contribution in [0.3, 0.4) is 0 Å². The molecule has 0 saturated heterocycles. The Morgan fingerprint density at radius 3 is 2.72 bits per heavy atom. The van der Waals surface area contributed by atoms with Gasteiger partial charge < -0.3 is 5.32 Å². The van der Waals surface area contributed by atoms with Crippen LogP contribution in [0.4, 0.5) is 5.69 Å². The van der Waals surface area contributed by atoms with Crippen LogP contribution in [0.2, 0.25) is 0 Å². The molecule has 1 amide bonds. The van der Waals surface area contributed by atoms with Gasteiger partial charge in [-0.05, 0) is 12.8 Å². The van der Waals surface area contributed by atoms with Crippen molar-refractivity contribution in [3.05, 3.63) is 34.1 Å². The molecule has 6 heteroatoms. The van der Waals surface area contributed by atoms with Crippen molar-refractivity contribution in [3.8, 4) is 0 Å². The van der Waals surface area contributed by atoms with Crippen molar-refractivity contribution in [1.82, 2.24) is 10.3 Å². The van der Waals surface area contributed by atoms with E-state index in [1.54, 1.807) is 0 Å². The number of nitro groups is 1. The molecule has 0 unspecified atom stereocenters. The van der Waals surface area contributed by atoms with E-state index in [2.05, 4.69) is 10.3 Å². The van der Waals surface area contributed by atoms with Crippen LogP contribution in [0.5, 0.6) is 0 Å². The molecule has 0 aromatic carbocycles. The summed E-state index contributed by atoms with van der Waals surface area (Å²) in [6.45, 7) is 0. The maximum Gasteiger partial charge on any atom is 0.288 e. The molecule has 0 radical (unpaired) electrons. The Morgan fingerprint density at radius 1 is 1.33 bits per heavy atom. The van der Waals surface area contributed by atoms with Crippen LogP contribution < -0.4 is 5.32 Å². The van der Waals surface area contributed by atoms with E-state index in [4.69, 9.17) is 0 Å². The van der Waals surface area contributed by atoms with Crippen LogP contribution in [0.1, 0.15) is 42.5 Å². The number of hydrogen-bond donors (Lipinski definition) is 1. The second-order valence-electron chi connectivity index (χ2n) is 4.50. The van der Waals surface area contributed by atoms with Crippen LogP contribution in [-0.4, -0.2) is 21.9 Å². The zero-order valence-electron chi connectivity index (χ0n) is 9.96. The van der Waals surface area contributed by atoms with Crippen molar-refractivity contribution in [2.24, 2.45) is 0 Å². The summed E-state index contributed by atoms with van der Waals surface area (Å²) in [6.07, 6.45) is 7.91. The highest BCUT2D eigenvalue weighted by molar-refractivity contribution is 5.94. The lowest BCUT2D eigenvalue weighted by Gasteiger charge is -2.22. The molecule has 0 atom stereocenters. The third-order valence-electron chi connectivity index (χ3n) is 3.14. The van der Waals surface area contributed by atoms with Crippen LogP contribution in [0.25, 0.3) is 0 Å². The second kappa shape index (κ2) is 5.57. The van der Waals surface area contributed by atoms with E-state index in [1.165, 1.54) is 18.7 Å². The van der Waals surface area contributed by atoms with E-state index in [1.807, 2.05) is 0 Å². The molecule has 1 aliphatic carbocycles. The summed E-state index contributed by atoms with van der Waals surface area (Å²) in [5.41, 5.74) is 0.0843. The van der Waals surface area contributed by atoms with E-state index in [-0.39, 0.29) is 23.2 Å². The van der Waals surface area contributed by atoms with Gasteiger partial charge in [0.05, 0.1) is 10.5 Å². The monoisotopic (exact) mass is 249 g/mol. The zero-order chi connectivity index (χ0) is 13.0. The van der Waals surface area contributed by atoms with E-state index in [0.29, 0.717) is 0 Å². The van der Waals surface area contributed by atoms with Crippen LogP contribution in [0, 0.1) is 10.1 Å². The highest BCUT2D eigenvalue weighted by atomic mass is 16.6. The Morgan fingerprint density at radius 2 is 2.06 bits per heavy atom. The average molecular weight is 249 g/mol. The largest absolute Gasteiger partial charge is 0.349 e. The van der Waals surface area contributed by atoms with E-state index in [0.717, 1.165) is 31.9 Å². The van der Waals surface area contributed by atoms with Gasteiger partial charge in [0.1, 0.15) is 6.20 Å². The molecule has 6 nitrogen and oxygen atoms in total. The number of rotatable bonds is 3. The highest BCUT2D eigenvalue weighted by Gasteiger charge is 2.18. The minimum atomic E-state index is -0.551. The van der Waals surface area contributed by atoms with Crippen molar-refractivity contribution in [1.29, 1.82) is 0 Å². The van der Waals surface area contributed by atoms with Gasteiger partial charge >= 0.3 is 0 Å². The highest BCUT2D eigenvalue weighted by Crippen LogP contribution is 2.18.